The lowest BCUT2D eigenvalue weighted by Gasteiger charge is -2.27. The highest BCUT2D eigenvalue weighted by Crippen LogP contribution is 2.26. The summed E-state index contributed by atoms with van der Waals surface area (Å²) in [5, 5.41) is 16.2. The Morgan fingerprint density at radius 1 is 1.12 bits per heavy atom. The Morgan fingerprint density at radius 2 is 1.91 bits per heavy atom. The molecule has 0 radical (unpaired) electrons. The molecule has 11 heteroatoms. The standard InChI is InChI=1S/C21H23N7O3S/c22-14-6-7-16(17(29)12-14)24-18(30)13-32-21-26-19(23-15-4-2-1-3-5-15)25-20(27-21)28-8-10-31-11-9-28/h1-7,12,29H,8-11,13,22H2,(H,24,30)(H,23,25,26,27). The number of rotatable bonds is 7. The van der Waals surface area contributed by atoms with Gasteiger partial charge in [0.05, 0.1) is 24.7 Å². The summed E-state index contributed by atoms with van der Waals surface area (Å²) < 4.78 is 5.42. The number of phenols is 1. The van der Waals surface area contributed by atoms with Crippen molar-refractivity contribution in [1.29, 1.82) is 0 Å². The number of amides is 1. The number of carbonyl (C=O) groups is 1. The van der Waals surface area contributed by atoms with Crippen molar-refractivity contribution in [2.75, 3.05) is 53.3 Å². The second-order valence-electron chi connectivity index (χ2n) is 6.95. The summed E-state index contributed by atoms with van der Waals surface area (Å²) in [7, 11) is 0. The SMILES string of the molecule is Nc1ccc(NC(=O)CSc2nc(Nc3ccccc3)nc(N3CCOCC3)n2)c(O)c1. The first-order valence-corrected chi connectivity index (χ1v) is 11.0. The number of aromatic nitrogens is 3. The molecule has 10 nitrogen and oxygen atoms in total. The lowest BCUT2D eigenvalue weighted by Crippen LogP contribution is -2.37. The largest absolute Gasteiger partial charge is 0.506 e. The number of para-hydroxylation sites is 1. The third kappa shape index (κ3) is 5.77. The van der Waals surface area contributed by atoms with Crippen molar-refractivity contribution in [3.8, 4) is 5.75 Å². The van der Waals surface area contributed by atoms with E-state index in [0.717, 1.165) is 5.69 Å². The summed E-state index contributed by atoms with van der Waals surface area (Å²) in [6, 6.07) is 14.1. The molecule has 1 aliphatic heterocycles. The predicted octanol–water partition coefficient (Wildman–Crippen LogP) is 2.47. The normalized spacial score (nSPS) is 13.6. The Kier molecular flexibility index (Phi) is 6.87. The predicted molar refractivity (Wildman–Crippen MR) is 124 cm³/mol. The van der Waals surface area contributed by atoms with E-state index in [1.54, 1.807) is 12.1 Å². The van der Waals surface area contributed by atoms with Crippen LogP contribution >= 0.6 is 11.8 Å². The van der Waals surface area contributed by atoms with Gasteiger partial charge in [0.25, 0.3) is 0 Å². The van der Waals surface area contributed by atoms with Crippen molar-refractivity contribution >= 4 is 46.6 Å². The molecule has 0 atom stereocenters. The van der Waals surface area contributed by atoms with E-state index in [0.29, 0.717) is 54.7 Å². The maximum Gasteiger partial charge on any atom is 0.234 e. The van der Waals surface area contributed by atoms with E-state index >= 15 is 0 Å². The number of nitrogens with zero attached hydrogens (tertiary/aromatic N) is 4. The fraction of sp³-hybridized carbons (Fsp3) is 0.238. The molecule has 32 heavy (non-hydrogen) atoms. The minimum Gasteiger partial charge on any atom is -0.506 e. The average Bonchev–Trinajstić information content (AvgIpc) is 2.81. The van der Waals surface area contributed by atoms with Crippen LogP contribution in [-0.2, 0) is 9.53 Å². The molecule has 166 valence electrons. The molecule has 1 fully saturated rings. The quantitative estimate of drug-likeness (QED) is 0.240. The van der Waals surface area contributed by atoms with Crippen LogP contribution in [0, 0.1) is 0 Å². The number of nitrogens with one attached hydrogen (secondary N) is 2. The van der Waals surface area contributed by atoms with E-state index in [1.807, 2.05) is 35.2 Å². The average molecular weight is 454 g/mol. The van der Waals surface area contributed by atoms with Gasteiger partial charge in [0, 0.05) is 30.5 Å². The van der Waals surface area contributed by atoms with Crippen LogP contribution in [0.2, 0.25) is 0 Å². The Hall–Kier alpha value is -3.57. The van der Waals surface area contributed by atoms with Gasteiger partial charge in [-0.3, -0.25) is 4.79 Å². The minimum absolute atomic E-state index is 0.0567. The van der Waals surface area contributed by atoms with E-state index in [1.165, 1.54) is 17.8 Å². The Bertz CT molecular complexity index is 1080. The van der Waals surface area contributed by atoms with Gasteiger partial charge in [0.1, 0.15) is 5.75 Å². The van der Waals surface area contributed by atoms with E-state index < -0.39 is 0 Å². The summed E-state index contributed by atoms with van der Waals surface area (Å²) in [6.07, 6.45) is 0. The molecule has 1 aliphatic rings. The molecule has 0 aliphatic carbocycles. The van der Waals surface area contributed by atoms with Gasteiger partial charge in [-0.25, -0.2) is 0 Å². The summed E-state index contributed by atoms with van der Waals surface area (Å²) in [4.78, 5) is 28.0. The van der Waals surface area contributed by atoms with Gasteiger partial charge in [-0.1, -0.05) is 30.0 Å². The van der Waals surface area contributed by atoms with Crippen molar-refractivity contribution in [3.63, 3.8) is 0 Å². The number of thioether (sulfide) groups is 1. The number of morpholine rings is 1. The topological polar surface area (TPSA) is 139 Å². The van der Waals surface area contributed by atoms with Crippen molar-refractivity contribution in [1.82, 2.24) is 15.0 Å². The van der Waals surface area contributed by atoms with Crippen LogP contribution in [0.25, 0.3) is 0 Å². The second-order valence-corrected chi connectivity index (χ2v) is 7.89. The highest BCUT2D eigenvalue weighted by atomic mass is 32.2. The van der Waals surface area contributed by atoms with Crippen LogP contribution in [0.4, 0.5) is 29.0 Å². The summed E-state index contributed by atoms with van der Waals surface area (Å²) in [6.45, 7) is 2.55. The van der Waals surface area contributed by atoms with Crippen LogP contribution in [0.5, 0.6) is 5.75 Å². The van der Waals surface area contributed by atoms with E-state index in [4.69, 9.17) is 10.5 Å². The third-order valence-electron chi connectivity index (χ3n) is 4.56. The molecule has 0 bridgehead atoms. The van der Waals surface area contributed by atoms with Crippen LogP contribution in [0.1, 0.15) is 0 Å². The van der Waals surface area contributed by atoms with Crippen LogP contribution in [-0.4, -0.2) is 58.0 Å². The van der Waals surface area contributed by atoms with Crippen molar-refractivity contribution in [3.05, 3.63) is 48.5 Å². The zero-order chi connectivity index (χ0) is 22.3. The van der Waals surface area contributed by atoms with Crippen molar-refractivity contribution < 1.29 is 14.6 Å². The summed E-state index contributed by atoms with van der Waals surface area (Å²) in [5.74, 6) is 0.585. The third-order valence-corrected chi connectivity index (χ3v) is 5.40. The molecular formula is C21H23N7O3S. The minimum atomic E-state index is -0.305. The number of anilines is 5. The lowest BCUT2D eigenvalue weighted by atomic mass is 10.2. The fourth-order valence-electron chi connectivity index (χ4n) is 2.99. The molecule has 2 heterocycles. The molecule has 0 unspecified atom stereocenters. The maximum atomic E-state index is 12.4. The number of hydrogen-bond donors (Lipinski definition) is 4. The van der Waals surface area contributed by atoms with E-state index in [-0.39, 0.29) is 17.4 Å². The molecule has 0 spiro atoms. The molecular weight excluding hydrogens is 430 g/mol. The van der Waals surface area contributed by atoms with Gasteiger partial charge in [0.15, 0.2) is 5.16 Å². The van der Waals surface area contributed by atoms with E-state index in [2.05, 4.69) is 25.6 Å². The maximum absolute atomic E-state index is 12.4. The molecule has 2 aromatic carbocycles. The molecule has 1 saturated heterocycles. The second kappa shape index (κ2) is 10.2. The number of nitrogen functional groups attached to an aromatic ring is 1. The van der Waals surface area contributed by atoms with Crippen LogP contribution in [0.15, 0.2) is 53.7 Å². The van der Waals surface area contributed by atoms with Gasteiger partial charge < -0.3 is 31.1 Å². The number of hydrogen-bond acceptors (Lipinski definition) is 10. The Morgan fingerprint density at radius 3 is 2.66 bits per heavy atom. The first-order chi connectivity index (χ1) is 15.6. The van der Waals surface area contributed by atoms with Crippen molar-refractivity contribution in [2.45, 2.75) is 5.16 Å². The summed E-state index contributed by atoms with van der Waals surface area (Å²) >= 11 is 1.18. The van der Waals surface area contributed by atoms with Gasteiger partial charge in [-0.15, -0.1) is 0 Å². The van der Waals surface area contributed by atoms with Gasteiger partial charge in [-0.2, -0.15) is 15.0 Å². The van der Waals surface area contributed by atoms with Gasteiger partial charge in [0.2, 0.25) is 17.8 Å². The molecule has 1 aromatic heterocycles. The number of benzene rings is 2. The lowest BCUT2D eigenvalue weighted by molar-refractivity contribution is -0.113. The molecule has 0 saturated carbocycles. The molecule has 3 aromatic rings. The first-order valence-electron chi connectivity index (χ1n) is 9.99. The van der Waals surface area contributed by atoms with E-state index in [9.17, 15) is 9.90 Å². The van der Waals surface area contributed by atoms with Gasteiger partial charge >= 0.3 is 0 Å². The molecule has 1 amide bonds. The summed E-state index contributed by atoms with van der Waals surface area (Å²) in [5.41, 5.74) is 7.17. The highest BCUT2D eigenvalue weighted by Gasteiger charge is 2.18. The van der Waals surface area contributed by atoms with Gasteiger partial charge in [-0.05, 0) is 24.3 Å². The highest BCUT2D eigenvalue weighted by molar-refractivity contribution is 7.99. The zero-order valence-electron chi connectivity index (χ0n) is 17.2. The smallest absolute Gasteiger partial charge is 0.234 e. The number of phenolic OH excluding ortho intramolecular Hbond substituents is 1. The molecule has 5 N–H and O–H groups in total. The van der Waals surface area contributed by atoms with Crippen molar-refractivity contribution in [2.24, 2.45) is 0 Å². The molecule has 4 rings (SSSR count). The van der Waals surface area contributed by atoms with Crippen LogP contribution in [0.3, 0.4) is 0 Å². The number of nitrogens with two attached hydrogens (primary N) is 1. The Labute approximate surface area is 189 Å². The monoisotopic (exact) mass is 453 g/mol. The fourth-order valence-corrected chi connectivity index (χ4v) is 3.62. The number of carbonyl (C=O) groups excluding carboxylic acids is 1. The Balaban J connectivity index is 1.48. The van der Waals surface area contributed by atoms with Crippen LogP contribution < -0.4 is 21.3 Å². The first kappa shape index (κ1) is 21.7. The number of aromatic hydroxyl groups is 1. The number of ether oxygens (including phenoxy) is 1. The zero-order valence-corrected chi connectivity index (χ0v) is 18.0.